The van der Waals surface area contributed by atoms with Gasteiger partial charge in [-0.2, -0.15) is 0 Å². The largest absolute Gasteiger partial charge is 0.354 e. The summed E-state index contributed by atoms with van der Waals surface area (Å²) < 4.78 is 0. The molecule has 1 aromatic heterocycles. The number of rotatable bonds is 2. The third kappa shape index (κ3) is 2.32. The normalized spacial score (nSPS) is 13.5. The highest BCUT2D eigenvalue weighted by Crippen LogP contribution is 2.34. The second kappa shape index (κ2) is 5.88. The molecule has 4 aromatic rings. The van der Waals surface area contributed by atoms with Crippen LogP contribution in [0.25, 0.3) is 33.3 Å². The lowest BCUT2D eigenvalue weighted by Crippen LogP contribution is -2.23. The number of aromatic amines is 1. The van der Waals surface area contributed by atoms with Gasteiger partial charge in [-0.15, -0.1) is 0 Å². The average Bonchev–Trinajstić information content (AvgIpc) is 2.98. The number of H-pyrrole nitrogens is 1. The SMILES string of the molecule is O=C1NCCc2c(-c3ccc(-c4ccccc4)cc3)[nH]c3cccc1c23. The number of amides is 1. The van der Waals surface area contributed by atoms with Gasteiger partial charge in [-0.3, -0.25) is 4.79 Å². The van der Waals surface area contributed by atoms with Crippen molar-refractivity contribution < 1.29 is 4.79 Å². The van der Waals surface area contributed by atoms with Crippen LogP contribution in [0.2, 0.25) is 0 Å². The highest BCUT2D eigenvalue weighted by Gasteiger charge is 2.21. The van der Waals surface area contributed by atoms with Crippen LogP contribution in [0.5, 0.6) is 0 Å². The fourth-order valence-electron chi connectivity index (χ4n) is 3.86. The van der Waals surface area contributed by atoms with Crippen molar-refractivity contribution in [2.75, 3.05) is 6.54 Å². The minimum Gasteiger partial charge on any atom is -0.354 e. The second-order valence-corrected chi connectivity index (χ2v) is 6.66. The first kappa shape index (κ1) is 15.0. The molecule has 1 aliphatic rings. The summed E-state index contributed by atoms with van der Waals surface area (Å²) in [6, 6.07) is 24.9. The quantitative estimate of drug-likeness (QED) is 0.542. The van der Waals surface area contributed by atoms with Gasteiger partial charge in [-0.05, 0) is 40.8 Å². The zero-order valence-corrected chi connectivity index (χ0v) is 14.3. The topological polar surface area (TPSA) is 44.9 Å². The Balaban J connectivity index is 1.64. The molecular formula is C23H18N2O. The van der Waals surface area contributed by atoms with Crippen LogP contribution in [-0.2, 0) is 6.42 Å². The van der Waals surface area contributed by atoms with Gasteiger partial charge in [-0.25, -0.2) is 0 Å². The smallest absolute Gasteiger partial charge is 0.251 e. The second-order valence-electron chi connectivity index (χ2n) is 6.66. The molecule has 0 saturated carbocycles. The third-order valence-electron chi connectivity index (χ3n) is 5.11. The van der Waals surface area contributed by atoms with Gasteiger partial charge >= 0.3 is 0 Å². The van der Waals surface area contributed by atoms with Crippen molar-refractivity contribution in [3.05, 3.63) is 83.9 Å². The molecule has 0 saturated heterocycles. The van der Waals surface area contributed by atoms with Crippen molar-refractivity contribution in [2.24, 2.45) is 0 Å². The lowest BCUT2D eigenvalue weighted by Gasteiger charge is -2.06. The van der Waals surface area contributed by atoms with Gasteiger partial charge < -0.3 is 10.3 Å². The van der Waals surface area contributed by atoms with E-state index < -0.39 is 0 Å². The number of carbonyl (C=O) groups is 1. The Labute approximate surface area is 151 Å². The van der Waals surface area contributed by atoms with E-state index in [1.54, 1.807) is 0 Å². The van der Waals surface area contributed by atoms with Crippen molar-refractivity contribution in [1.29, 1.82) is 0 Å². The highest BCUT2D eigenvalue weighted by molar-refractivity contribution is 6.10. The molecule has 1 amide bonds. The number of hydrogen-bond acceptors (Lipinski definition) is 1. The van der Waals surface area contributed by atoms with Gasteiger partial charge in [-0.1, -0.05) is 60.7 Å². The van der Waals surface area contributed by atoms with E-state index in [4.69, 9.17) is 0 Å². The number of aromatic nitrogens is 1. The Bertz CT molecular complexity index is 1110. The predicted octanol–water partition coefficient (Wildman–Crippen LogP) is 4.79. The molecule has 1 aliphatic heterocycles. The number of benzene rings is 3. The molecular weight excluding hydrogens is 320 g/mol. The van der Waals surface area contributed by atoms with Gasteiger partial charge in [0.25, 0.3) is 5.91 Å². The van der Waals surface area contributed by atoms with Gasteiger partial charge in [0.05, 0.1) is 0 Å². The molecule has 0 bridgehead atoms. The molecule has 26 heavy (non-hydrogen) atoms. The summed E-state index contributed by atoms with van der Waals surface area (Å²) in [7, 11) is 0. The van der Waals surface area contributed by atoms with Gasteiger partial charge in [0.15, 0.2) is 0 Å². The van der Waals surface area contributed by atoms with Crippen molar-refractivity contribution in [3.63, 3.8) is 0 Å². The van der Waals surface area contributed by atoms with Crippen molar-refractivity contribution >= 4 is 16.8 Å². The summed E-state index contributed by atoms with van der Waals surface area (Å²) in [5.74, 6) is 0.0133. The van der Waals surface area contributed by atoms with Crippen LogP contribution >= 0.6 is 0 Å². The number of carbonyl (C=O) groups excluding carboxylic acids is 1. The molecule has 0 atom stereocenters. The Kier molecular flexibility index (Phi) is 3.39. The number of hydrogen-bond donors (Lipinski definition) is 2. The van der Waals surface area contributed by atoms with E-state index in [1.807, 2.05) is 24.3 Å². The van der Waals surface area contributed by atoms with E-state index in [9.17, 15) is 4.79 Å². The van der Waals surface area contributed by atoms with E-state index in [0.717, 1.165) is 34.1 Å². The molecule has 3 heteroatoms. The molecule has 126 valence electrons. The number of nitrogens with one attached hydrogen (secondary N) is 2. The summed E-state index contributed by atoms with van der Waals surface area (Å²) in [6.07, 6.45) is 0.832. The van der Waals surface area contributed by atoms with Gasteiger partial charge in [0.2, 0.25) is 0 Å². The first-order valence-electron chi connectivity index (χ1n) is 8.89. The van der Waals surface area contributed by atoms with Crippen LogP contribution in [0.15, 0.2) is 72.8 Å². The standard InChI is InChI=1S/C23H18N2O/c26-23-19-7-4-8-20-21(19)18(13-14-24-23)22(25-20)17-11-9-16(10-12-17)15-5-2-1-3-6-15/h1-12,25H,13-14H2,(H,24,26). The van der Waals surface area contributed by atoms with E-state index in [1.165, 1.54) is 16.7 Å². The predicted molar refractivity (Wildman–Crippen MR) is 105 cm³/mol. The maximum Gasteiger partial charge on any atom is 0.251 e. The minimum absolute atomic E-state index is 0.0133. The molecule has 0 spiro atoms. The molecule has 3 aromatic carbocycles. The molecule has 0 aliphatic carbocycles. The summed E-state index contributed by atoms with van der Waals surface area (Å²) in [6.45, 7) is 0.662. The van der Waals surface area contributed by atoms with Crippen LogP contribution < -0.4 is 5.32 Å². The van der Waals surface area contributed by atoms with Gasteiger partial charge in [0.1, 0.15) is 0 Å². The van der Waals surface area contributed by atoms with Crippen molar-refractivity contribution in [1.82, 2.24) is 10.3 Å². The van der Waals surface area contributed by atoms with E-state index in [2.05, 4.69) is 58.8 Å². The van der Waals surface area contributed by atoms with Gasteiger partial charge in [0, 0.05) is 28.7 Å². The fourth-order valence-corrected chi connectivity index (χ4v) is 3.86. The first-order valence-corrected chi connectivity index (χ1v) is 8.89. The van der Waals surface area contributed by atoms with E-state index in [0.29, 0.717) is 6.54 Å². The van der Waals surface area contributed by atoms with Crippen LogP contribution in [0.4, 0.5) is 0 Å². The van der Waals surface area contributed by atoms with Crippen molar-refractivity contribution in [3.8, 4) is 22.4 Å². The van der Waals surface area contributed by atoms with E-state index in [-0.39, 0.29) is 5.91 Å². The van der Waals surface area contributed by atoms with Crippen LogP contribution in [-0.4, -0.2) is 17.4 Å². The average molecular weight is 338 g/mol. The molecule has 2 N–H and O–H groups in total. The molecule has 3 nitrogen and oxygen atoms in total. The van der Waals surface area contributed by atoms with Crippen LogP contribution in [0.3, 0.4) is 0 Å². The molecule has 0 unspecified atom stereocenters. The Hall–Kier alpha value is -3.33. The Morgan fingerprint density at radius 3 is 2.27 bits per heavy atom. The monoisotopic (exact) mass is 338 g/mol. The fraction of sp³-hybridized carbons (Fsp3) is 0.0870. The summed E-state index contributed by atoms with van der Waals surface area (Å²) in [4.78, 5) is 15.9. The van der Waals surface area contributed by atoms with Crippen LogP contribution in [0.1, 0.15) is 15.9 Å². The summed E-state index contributed by atoms with van der Waals surface area (Å²) in [5.41, 5.74) is 7.69. The Morgan fingerprint density at radius 1 is 0.731 bits per heavy atom. The minimum atomic E-state index is 0.0133. The Morgan fingerprint density at radius 2 is 1.46 bits per heavy atom. The molecule has 5 rings (SSSR count). The molecule has 0 fully saturated rings. The molecule has 2 heterocycles. The van der Waals surface area contributed by atoms with E-state index >= 15 is 0 Å². The summed E-state index contributed by atoms with van der Waals surface area (Å²) >= 11 is 0. The maximum atomic E-state index is 12.3. The maximum absolute atomic E-state index is 12.3. The zero-order chi connectivity index (χ0) is 17.5. The first-order chi connectivity index (χ1) is 12.8. The summed E-state index contributed by atoms with van der Waals surface area (Å²) in [5, 5.41) is 4.05. The lowest BCUT2D eigenvalue weighted by molar-refractivity contribution is 0.0957. The third-order valence-corrected chi connectivity index (χ3v) is 5.11. The zero-order valence-electron chi connectivity index (χ0n) is 14.3. The highest BCUT2D eigenvalue weighted by atomic mass is 16.1. The molecule has 0 radical (unpaired) electrons. The van der Waals surface area contributed by atoms with Crippen molar-refractivity contribution in [2.45, 2.75) is 6.42 Å². The van der Waals surface area contributed by atoms with Crippen LogP contribution in [0, 0.1) is 0 Å². The lowest BCUT2D eigenvalue weighted by atomic mass is 9.98.